The highest BCUT2D eigenvalue weighted by atomic mass is 16.5. The van der Waals surface area contributed by atoms with Crippen molar-refractivity contribution in [2.24, 2.45) is 5.92 Å². The number of nitrogens with zero attached hydrogens (tertiary/aromatic N) is 2. The lowest BCUT2D eigenvalue weighted by Crippen LogP contribution is -2.28. The molecule has 2 amide bonds. The van der Waals surface area contributed by atoms with Crippen LogP contribution < -0.4 is 20.1 Å². The van der Waals surface area contributed by atoms with Gasteiger partial charge in [0.15, 0.2) is 11.5 Å². The standard InChI is InChI=1S/C19H26N4O3/c1-14(2)5-4-8-26-18-9-16(6-7-17(18)25-3)23-19(24)22-12-15-10-20-13-21-11-15/h6-7,9-11,13-14H,4-5,8,12H2,1-3H3,(H2,22,23,24). The molecule has 0 saturated heterocycles. The molecule has 0 atom stereocenters. The first-order valence-electron chi connectivity index (χ1n) is 8.68. The Hall–Kier alpha value is -2.83. The number of benzene rings is 1. The molecule has 0 aliphatic carbocycles. The van der Waals surface area contributed by atoms with Gasteiger partial charge in [0.1, 0.15) is 6.33 Å². The molecule has 1 heterocycles. The van der Waals surface area contributed by atoms with Crippen LogP contribution in [0.3, 0.4) is 0 Å². The Morgan fingerprint density at radius 3 is 2.65 bits per heavy atom. The molecule has 7 nitrogen and oxygen atoms in total. The Bertz CT molecular complexity index is 692. The summed E-state index contributed by atoms with van der Waals surface area (Å²) in [5.74, 6) is 1.90. The first kappa shape index (κ1) is 19.5. The van der Waals surface area contributed by atoms with Crippen LogP contribution in [0, 0.1) is 5.92 Å². The molecule has 0 saturated carbocycles. The minimum atomic E-state index is -0.315. The first-order valence-corrected chi connectivity index (χ1v) is 8.68. The number of rotatable bonds is 9. The number of hydrogen-bond acceptors (Lipinski definition) is 5. The number of anilines is 1. The minimum Gasteiger partial charge on any atom is -0.493 e. The van der Waals surface area contributed by atoms with Crippen LogP contribution in [-0.4, -0.2) is 29.7 Å². The lowest BCUT2D eigenvalue weighted by molar-refractivity contribution is 0.251. The SMILES string of the molecule is COc1ccc(NC(=O)NCc2cncnc2)cc1OCCCC(C)C. The molecular weight excluding hydrogens is 332 g/mol. The van der Waals surface area contributed by atoms with Crippen LogP contribution in [0.4, 0.5) is 10.5 Å². The Labute approximate surface area is 154 Å². The summed E-state index contributed by atoms with van der Waals surface area (Å²) in [6.45, 7) is 5.33. The van der Waals surface area contributed by atoms with E-state index in [2.05, 4.69) is 34.4 Å². The minimum absolute atomic E-state index is 0.315. The van der Waals surface area contributed by atoms with Gasteiger partial charge in [0.2, 0.25) is 0 Å². The van der Waals surface area contributed by atoms with Gasteiger partial charge >= 0.3 is 6.03 Å². The number of amides is 2. The van der Waals surface area contributed by atoms with Gasteiger partial charge < -0.3 is 20.1 Å². The topological polar surface area (TPSA) is 85.4 Å². The molecule has 0 spiro atoms. The molecule has 2 rings (SSSR count). The molecule has 26 heavy (non-hydrogen) atoms. The van der Waals surface area contributed by atoms with E-state index < -0.39 is 0 Å². The average molecular weight is 358 g/mol. The second-order valence-electron chi connectivity index (χ2n) is 6.30. The fourth-order valence-corrected chi connectivity index (χ4v) is 2.32. The summed E-state index contributed by atoms with van der Waals surface area (Å²) in [5.41, 5.74) is 1.46. The van der Waals surface area contributed by atoms with Gasteiger partial charge in [-0.05, 0) is 30.9 Å². The number of aromatic nitrogens is 2. The van der Waals surface area contributed by atoms with E-state index in [4.69, 9.17) is 9.47 Å². The van der Waals surface area contributed by atoms with Gasteiger partial charge in [-0.1, -0.05) is 13.8 Å². The molecule has 1 aromatic carbocycles. The highest BCUT2D eigenvalue weighted by Crippen LogP contribution is 2.30. The zero-order chi connectivity index (χ0) is 18.8. The maximum absolute atomic E-state index is 12.1. The third kappa shape index (κ3) is 6.58. The van der Waals surface area contributed by atoms with E-state index in [0.717, 1.165) is 18.4 Å². The maximum Gasteiger partial charge on any atom is 0.319 e. The summed E-state index contributed by atoms with van der Waals surface area (Å²) in [6.07, 6.45) is 6.83. The molecule has 0 aliphatic rings. The second kappa shape index (κ2) is 10.2. The summed E-state index contributed by atoms with van der Waals surface area (Å²) < 4.78 is 11.1. The molecule has 0 unspecified atom stereocenters. The van der Waals surface area contributed by atoms with E-state index in [-0.39, 0.29) is 6.03 Å². The Balaban J connectivity index is 1.89. The molecule has 2 aromatic rings. The zero-order valence-corrected chi connectivity index (χ0v) is 15.5. The lowest BCUT2D eigenvalue weighted by Gasteiger charge is -2.14. The third-order valence-corrected chi connectivity index (χ3v) is 3.67. The summed E-state index contributed by atoms with van der Waals surface area (Å²) >= 11 is 0. The largest absolute Gasteiger partial charge is 0.493 e. The van der Waals surface area contributed by atoms with Crippen molar-refractivity contribution in [3.05, 3.63) is 42.5 Å². The summed E-state index contributed by atoms with van der Waals surface area (Å²) in [6, 6.07) is 4.99. The van der Waals surface area contributed by atoms with Gasteiger partial charge in [-0.15, -0.1) is 0 Å². The monoisotopic (exact) mass is 358 g/mol. The normalized spacial score (nSPS) is 10.5. The molecular formula is C19H26N4O3. The van der Waals surface area contributed by atoms with Gasteiger partial charge in [0.25, 0.3) is 0 Å². The molecule has 0 bridgehead atoms. The Morgan fingerprint density at radius 1 is 1.19 bits per heavy atom. The van der Waals surface area contributed by atoms with Crippen LogP contribution in [-0.2, 0) is 6.54 Å². The summed E-state index contributed by atoms with van der Waals surface area (Å²) in [7, 11) is 1.60. The molecule has 2 N–H and O–H groups in total. The van der Waals surface area contributed by atoms with E-state index in [1.807, 2.05) is 0 Å². The van der Waals surface area contributed by atoms with Crippen LogP contribution in [0.15, 0.2) is 36.9 Å². The number of carbonyl (C=O) groups is 1. The Kier molecular flexibility index (Phi) is 7.67. The van der Waals surface area contributed by atoms with E-state index in [9.17, 15) is 4.79 Å². The maximum atomic E-state index is 12.1. The van der Waals surface area contributed by atoms with E-state index in [1.165, 1.54) is 6.33 Å². The fraction of sp³-hybridized carbons (Fsp3) is 0.421. The number of urea groups is 1. The zero-order valence-electron chi connectivity index (χ0n) is 15.5. The highest BCUT2D eigenvalue weighted by Gasteiger charge is 2.08. The van der Waals surface area contributed by atoms with Gasteiger partial charge in [-0.25, -0.2) is 14.8 Å². The van der Waals surface area contributed by atoms with Crippen LogP contribution in [0.1, 0.15) is 32.3 Å². The number of ether oxygens (including phenoxy) is 2. The van der Waals surface area contributed by atoms with Crippen LogP contribution in [0.2, 0.25) is 0 Å². The first-order chi connectivity index (χ1) is 12.6. The molecule has 140 valence electrons. The number of carbonyl (C=O) groups excluding carboxylic acids is 1. The van der Waals surface area contributed by atoms with E-state index in [0.29, 0.717) is 36.3 Å². The second-order valence-corrected chi connectivity index (χ2v) is 6.30. The fourth-order valence-electron chi connectivity index (χ4n) is 2.32. The van der Waals surface area contributed by atoms with E-state index in [1.54, 1.807) is 37.7 Å². The molecule has 7 heteroatoms. The average Bonchev–Trinajstić information content (AvgIpc) is 2.64. The molecule has 0 radical (unpaired) electrons. The van der Waals surface area contributed by atoms with Crippen molar-refractivity contribution in [1.29, 1.82) is 0 Å². The van der Waals surface area contributed by atoms with Crippen LogP contribution in [0.25, 0.3) is 0 Å². The van der Waals surface area contributed by atoms with Crippen LogP contribution in [0.5, 0.6) is 11.5 Å². The summed E-state index contributed by atoms with van der Waals surface area (Å²) in [5, 5.41) is 5.54. The summed E-state index contributed by atoms with van der Waals surface area (Å²) in [4.78, 5) is 19.9. The van der Waals surface area contributed by atoms with Gasteiger partial charge in [-0.2, -0.15) is 0 Å². The predicted octanol–water partition coefficient (Wildman–Crippen LogP) is 3.62. The number of nitrogens with one attached hydrogen (secondary N) is 2. The van der Waals surface area contributed by atoms with Crippen molar-refractivity contribution in [2.75, 3.05) is 19.0 Å². The smallest absolute Gasteiger partial charge is 0.319 e. The van der Waals surface area contributed by atoms with Crippen molar-refractivity contribution in [2.45, 2.75) is 33.2 Å². The third-order valence-electron chi connectivity index (χ3n) is 3.67. The van der Waals surface area contributed by atoms with Gasteiger partial charge in [-0.3, -0.25) is 0 Å². The van der Waals surface area contributed by atoms with Crippen LogP contribution >= 0.6 is 0 Å². The highest BCUT2D eigenvalue weighted by molar-refractivity contribution is 5.89. The quantitative estimate of drug-likeness (QED) is 0.669. The number of methoxy groups -OCH3 is 1. The van der Waals surface area contributed by atoms with Crippen molar-refractivity contribution in [1.82, 2.24) is 15.3 Å². The molecule has 0 fully saturated rings. The predicted molar refractivity (Wildman–Crippen MR) is 100 cm³/mol. The lowest BCUT2D eigenvalue weighted by atomic mass is 10.1. The van der Waals surface area contributed by atoms with Crippen molar-refractivity contribution >= 4 is 11.7 Å². The van der Waals surface area contributed by atoms with Gasteiger partial charge in [0, 0.05) is 36.3 Å². The molecule has 0 aliphatic heterocycles. The van der Waals surface area contributed by atoms with Gasteiger partial charge in [0.05, 0.1) is 13.7 Å². The Morgan fingerprint density at radius 2 is 1.96 bits per heavy atom. The van der Waals surface area contributed by atoms with Crippen molar-refractivity contribution < 1.29 is 14.3 Å². The number of hydrogen-bond donors (Lipinski definition) is 2. The molecule has 1 aromatic heterocycles. The van der Waals surface area contributed by atoms with Crippen molar-refractivity contribution in [3.63, 3.8) is 0 Å². The van der Waals surface area contributed by atoms with Crippen molar-refractivity contribution in [3.8, 4) is 11.5 Å². The van der Waals surface area contributed by atoms with E-state index >= 15 is 0 Å².